The quantitative estimate of drug-likeness (QED) is 0.785. The summed E-state index contributed by atoms with van der Waals surface area (Å²) in [7, 11) is 0. The topological polar surface area (TPSA) is 54.9 Å². The summed E-state index contributed by atoms with van der Waals surface area (Å²) in [6.45, 7) is 5.36. The molecule has 0 bridgehead atoms. The number of carbonyl (C=O) groups is 1. The van der Waals surface area contributed by atoms with E-state index in [9.17, 15) is 9.59 Å². The van der Waals surface area contributed by atoms with Gasteiger partial charge in [0.05, 0.1) is 10.9 Å². The van der Waals surface area contributed by atoms with E-state index in [1.807, 2.05) is 13.8 Å². The van der Waals surface area contributed by atoms with Crippen molar-refractivity contribution < 1.29 is 4.79 Å². The molecule has 0 amide bonds. The first-order valence-corrected chi connectivity index (χ1v) is 5.26. The standard InChI is InChI=1S/C12H14N2O2/c1-7(2)14-12(16)10-6-9(8(3)15)4-5-11(10)13-14/h4-7,13H,1-3H3. The molecule has 0 atom stereocenters. The number of carbonyl (C=O) groups excluding carboxylic acids is 1. The second-order valence-electron chi connectivity index (χ2n) is 4.20. The Kier molecular flexibility index (Phi) is 2.42. The summed E-state index contributed by atoms with van der Waals surface area (Å²) in [6.07, 6.45) is 0. The minimum Gasteiger partial charge on any atom is -0.295 e. The predicted molar refractivity (Wildman–Crippen MR) is 62.9 cm³/mol. The number of hydrogen-bond acceptors (Lipinski definition) is 2. The number of rotatable bonds is 2. The van der Waals surface area contributed by atoms with Gasteiger partial charge in [-0.1, -0.05) is 0 Å². The lowest BCUT2D eigenvalue weighted by Gasteiger charge is -2.02. The monoisotopic (exact) mass is 218 g/mol. The van der Waals surface area contributed by atoms with Gasteiger partial charge < -0.3 is 0 Å². The molecule has 0 aliphatic heterocycles. The first-order chi connectivity index (χ1) is 7.50. The Bertz CT molecular complexity index is 605. The van der Waals surface area contributed by atoms with Crippen molar-refractivity contribution in [3.63, 3.8) is 0 Å². The van der Waals surface area contributed by atoms with E-state index < -0.39 is 0 Å². The average molecular weight is 218 g/mol. The molecule has 16 heavy (non-hydrogen) atoms. The zero-order valence-electron chi connectivity index (χ0n) is 9.57. The Hall–Kier alpha value is -1.84. The van der Waals surface area contributed by atoms with Gasteiger partial charge in [-0.2, -0.15) is 0 Å². The minimum atomic E-state index is -0.0758. The third-order valence-electron chi connectivity index (χ3n) is 2.63. The van der Waals surface area contributed by atoms with Gasteiger partial charge in [0.1, 0.15) is 0 Å². The third kappa shape index (κ3) is 1.56. The van der Waals surface area contributed by atoms with Gasteiger partial charge in [-0.05, 0) is 39.0 Å². The van der Waals surface area contributed by atoms with Crippen LogP contribution in [-0.2, 0) is 0 Å². The Morgan fingerprint density at radius 3 is 2.62 bits per heavy atom. The number of Topliss-reactive ketones (excluding diaryl/α,β-unsaturated/α-hetero) is 1. The molecule has 4 nitrogen and oxygen atoms in total. The molecule has 0 aliphatic rings. The van der Waals surface area contributed by atoms with Crippen molar-refractivity contribution in [1.82, 2.24) is 9.78 Å². The normalized spacial score (nSPS) is 11.2. The van der Waals surface area contributed by atoms with Gasteiger partial charge >= 0.3 is 0 Å². The van der Waals surface area contributed by atoms with Crippen molar-refractivity contribution in [2.24, 2.45) is 0 Å². The highest BCUT2D eigenvalue weighted by Gasteiger charge is 2.10. The van der Waals surface area contributed by atoms with Gasteiger partial charge in [-0.25, -0.2) is 4.68 Å². The first-order valence-electron chi connectivity index (χ1n) is 5.26. The first kappa shape index (κ1) is 10.7. The third-order valence-corrected chi connectivity index (χ3v) is 2.63. The smallest absolute Gasteiger partial charge is 0.274 e. The van der Waals surface area contributed by atoms with Crippen LogP contribution in [0.5, 0.6) is 0 Å². The van der Waals surface area contributed by atoms with Crippen molar-refractivity contribution >= 4 is 16.7 Å². The summed E-state index contributed by atoms with van der Waals surface area (Å²) in [6, 6.07) is 5.23. The molecular formula is C12H14N2O2. The number of aromatic amines is 1. The van der Waals surface area contributed by atoms with Crippen LogP contribution < -0.4 is 5.56 Å². The molecule has 0 unspecified atom stereocenters. The van der Waals surface area contributed by atoms with Crippen LogP contribution in [0.25, 0.3) is 10.9 Å². The Labute approximate surface area is 92.9 Å². The summed E-state index contributed by atoms with van der Waals surface area (Å²) >= 11 is 0. The van der Waals surface area contributed by atoms with Gasteiger partial charge in [-0.3, -0.25) is 14.7 Å². The Morgan fingerprint density at radius 1 is 1.38 bits per heavy atom. The maximum atomic E-state index is 12.0. The number of ketones is 1. The summed E-state index contributed by atoms with van der Waals surface area (Å²) < 4.78 is 1.56. The van der Waals surface area contributed by atoms with Crippen LogP contribution in [0.2, 0.25) is 0 Å². The fraction of sp³-hybridized carbons (Fsp3) is 0.333. The fourth-order valence-corrected chi connectivity index (χ4v) is 1.71. The van der Waals surface area contributed by atoms with Crippen LogP contribution in [0.15, 0.2) is 23.0 Å². The van der Waals surface area contributed by atoms with Crippen molar-refractivity contribution in [3.8, 4) is 0 Å². The summed E-state index contributed by atoms with van der Waals surface area (Å²) in [5.41, 5.74) is 1.26. The summed E-state index contributed by atoms with van der Waals surface area (Å²) in [5.74, 6) is -0.0291. The lowest BCUT2D eigenvalue weighted by molar-refractivity contribution is 0.101. The lowest BCUT2D eigenvalue weighted by Crippen LogP contribution is -2.18. The number of H-pyrrole nitrogens is 1. The van der Waals surface area contributed by atoms with E-state index >= 15 is 0 Å². The SMILES string of the molecule is CC(=O)c1ccc2[nH]n(C(C)C)c(=O)c2c1. The molecule has 0 saturated carbocycles. The van der Waals surface area contributed by atoms with Crippen LogP contribution in [0, 0.1) is 0 Å². The number of nitrogens with one attached hydrogen (secondary N) is 1. The van der Waals surface area contributed by atoms with Crippen molar-refractivity contribution in [2.45, 2.75) is 26.8 Å². The molecule has 0 aliphatic carbocycles. The Balaban J connectivity index is 2.74. The minimum absolute atomic E-state index is 0.0291. The molecular weight excluding hydrogens is 204 g/mol. The van der Waals surface area contributed by atoms with E-state index in [1.165, 1.54) is 6.92 Å². The number of nitrogens with zero attached hydrogens (tertiary/aromatic N) is 1. The average Bonchev–Trinajstić information content (AvgIpc) is 2.56. The molecule has 84 valence electrons. The molecule has 1 aromatic heterocycles. The highest BCUT2D eigenvalue weighted by atomic mass is 16.1. The highest BCUT2D eigenvalue weighted by Crippen LogP contribution is 2.13. The van der Waals surface area contributed by atoms with Crippen LogP contribution >= 0.6 is 0 Å². The van der Waals surface area contributed by atoms with Gasteiger partial charge in [0.2, 0.25) is 0 Å². The highest BCUT2D eigenvalue weighted by molar-refractivity contribution is 5.97. The molecule has 2 rings (SSSR count). The molecule has 1 aromatic carbocycles. The molecule has 4 heteroatoms. The van der Waals surface area contributed by atoms with Crippen LogP contribution in [-0.4, -0.2) is 15.6 Å². The van der Waals surface area contributed by atoms with E-state index in [0.717, 1.165) is 5.52 Å². The van der Waals surface area contributed by atoms with Crippen LogP contribution in [0.3, 0.4) is 0 Å². The van der Waals surface area contributed by atoms with E-state index in [0.29, 0.717) is 10.9 Å². The summed E-state index contributed by atoms with van der Waals surface area (Å²) in [5, 5.41) is 3.59. The zero-order chi connectivity index (χ0) is 11.9. The molecule has 1 N–H and O–H groups in total. The second kappa shape index (κ2) is 3.63. The maximum Gasteiger partial charge on any atom is 0.274 e. The van der Waals surface area contributed by atoms with E-state index in [4.69, 9.17) is 0 Å². The van der Waals surface area contributed by atoms with Crippen LogP contribution in [0.1, 0.15) is 37.2 Å². The number of hydrogen-bond donors (Lipinski definition) is 1. The molecule has 1 heterocycles. The molecule has 2 aromatic rings. The van der Waals surface area contributed by atoms with Gasteiger partial charge in [0.25, 0.3) is 5.56 Å². The van der Waals surface area contributed by atoms with E-state index in [2.05, 4.69) is 5.10 Å². The van der Waals surface area contributed by atoms with Gasteiger partial charge in [0.15, 0.2) is 5.78 Å². The molecule has 0 fully saturated rings. The van der Waals surface area contributed by atoms with E-state index in [-0.39, 0.29) is 17.4 Å². The fourth-order valence-electron chi connectivity index (χ4n) is 1.71. The van der Waals surface area contributed by atoms with Crippen molar-refractivity contribution in [2.75, 3.05) is 0 Å². The number of fused-ring (bicyclic) bond motifs is 1. The lowest BCUT2D eigenvalue weighted by atomic mass is 10.1. The van der Waals surface area contributed by atoms with Crippen molar-refractivity contribution in [1.29, 1.82) is 0 Å². The zero-order valence-corrected chi connectivity index (χ0v) is 9.57. The van der Waals surface area contributed by atoms with Crippen LogP contribution in [0.4, 0.5) is 0 Å². The maximum absolute atomic E-state index is 12.0. The number of benzene rings is 1. The number of aromatic nitrogens is 2. The van der Waals surface area contributed by atoms with Gasteiger partial charge in [-0.15, -0.1) is 0 Å². The van der Waals surface area contributed by atoms with Crippen molar-refractivity contribution in [3.05, 3.63) is 34.1 Å². The largest absolute Gasteiger partial charge is 0.295 e. The second-order valence-corrected chi connectivity index (χ2v) is 4.20. The molecule has 0 saturated heterocycles. The molecule has 0 radical (unpaired) electrons. The predicted octanol–water partition coefficient (Wildman–Crippen LogP) is 2.11. The molecule has 0 spiro atoms. The van der Waals surface area contributed by atoms with Gasteiger partial charge in [0, 0.05) is 11.6 Å². The Morgan fingerprint density at radius 2 is 2.06 bits per heavy atom. The summed E-state index contributed by atoms with van der Waals surface area (Å²) in [4.78, 5) is 23.2. The van der Waals surface area contributed by atoms with E-state index in [1.54, 1.807) is 22.9 Å².